The number of rotatable bonds is 8. The van der Waals surface area contributed by atoms with Crippen molar-refractivity contribution in [2.24, 2.45) is 0 Å². The topological polar surface area (TPSA) is 61.4 Å². The van der Waals surface area contributed by atoms with E-state index in [-0.39, 0.29) is 11.8 Å². The number of amides is 2. The molecule has 2 amide bonds. The van der Waals surface area contributed by atoms with Crippen molar-refractivity contribution in [2.45, 2.75) is 26.2 Å². The summed E-state index contributed by atoms with van der Waals surface area (Å²) in [5.74, 6) is 0.114. The van der Waals surface area contributed by atoms with Gasteiger partial charge in [0.15, 0.2) is 5.78 Å². The Labute approximate surface area is 126 Å². The first-order chi connectivity index (χ1) is 10.0. The number of anilines is 1. The fourth-order valence-corrected chi connectivity index (χ4v) is 1.76. The first kappa shape index (κ1) is 17.2. The third kappa shape index (κ3) is 6.90. The fraction of sp³-hybridized carbons (Fsp3) is 0.500. The number of Topliss-reactive ketones (excluding diaryl/α,β-unsaturated/α-hetero) is 1. The van der Waals surface area contributed by atoms with Crippen LogP contribution < -0.4 is 10.6 Å². The monoisotopic (exact) mass is 291 g/mol. The molecule has 0 atom stereocenters. The number of ketones is 1. The Hall–Kier alpha value is -1.88. The van der Waals surface area contributed by atoms with Crippen molar-refractivity contribution in [1.82, 2.24) is 10.2 Å². The Morgan fingerprint density at radius 1 is 1.14 bits per heavy atom. The predicted molar refractivity (Wildman–Crippen MR) is 85.9 cm³/mol. The van der Waals surface area contributed by atoms with Gasteiger partial charge in [-0.25, -0.2) is 4.79 Å². The van der Waals surface area contributed by atoms with E-state index in [4.69, 9.17) is 0 Å². The molecule has 2 N–H and O–H groups in total. The highest BCUT2D eigenvalue weighted by Crippen LogP contribution is 2.11. The standard InChI is InChI=1S/C16H25N3O2/c1-4-5-11-17-16(21)18-14-8-6-13(7-9-14)15(20)10-12-19(2)3/h6-9H,4-5,10-12H2,1-3H3,(H2,17,18,21). The highest BCUT2D eigenvalue weighted by Gasteiger charge is 2.07. The van der Waals surface area contributed by atoms with Gasteiger partial charge in [-0.1, -0.05) is 13.3 Å². The molecule has 1 aromatic rings. The molecule has 0 heterocycles. The Balaban J connectivity index is 2.46. The van der Waals surface area contributed by atoms with E-state index >= 15 is 0 Å². The van der Waals surface area contributed by atoms with E-state index in [0.29, 0.717) is 24.2 Å². The maximum atomic E-state index is 11.9. The minimum Gasteiger partial charge on any atom is -0.338 e. The number of nitrogens with one attached hydrogen (secondary N) is 2. The van der Waals surface area contributed by atoms with Crippen LogP contribution in [0.5, 0.6) is 0 Å². The molecule has 0 spiro atoms. The minimum atomic E-state index is -0.213. The lowest BCUT2D eigenvalue weighted by Crippen LogP contribution is -2.29. The van der Waals surface area contributed by atoms with Gasteiger partial charge in [0.05, 0.1) is 0 Å². The molecule has 1 rings (SSSR count). The quantitative estimate of drug-likeness (QED) is 0.572. The number of hydrogen-bond acceptors (Lipinski definition) is 3. The molecule has 21 heavy (non-hydrogen) atoms. The summed E-state index contributed by atoms with van der Waals surface area (Å²) in [6, 6.07) is 6.79. The number of hydrogen-bond donors (Lipinski definition) is 2. The highest BCUT2D eigenvalue weighted by atomic mass is 16.2. The van der Waals surface area contributed by atoms with Gasteiger partial charge in [0.1, 0.15) is 0 Å². The Morgan fingerprint density at radius 2 is 1.81 bits per heavy atom. The molecule has 0 saturated heterocycles. The summed E-state index contributed by atoms with van der Waals surface area (Å²) in [5, 5.41) is 5.53. The van der Waals surface area contributed by atoms with Crippen LogP contribution in [0.4, 0.5) is 10.5 Å². The van der Waals surface area contributed by atoms with Gasteiger partial charge in [-0.15, -0.1) is 0 Å². The van der Waals surface area contributed by atoms with E-state index in [0.717, 1.165) is 19.4 Å². The van der Waals surface area contributed by atoms with E-state index < -0.39 is 0 Å². The van der Waals surface area contributed by atoms with Crippen LogP contribution in [0, 0.1) is 0 Å². The van der Waals surface area contributed by atoms with E-state index in [1.165, 1.54) is 0 Å². The second kappa shape index (κ2) is 9.13. The summed E-state index contributed by atoms with van der Waals surface area (Å²) in [6.07, 6.45) is 2.51. The third-order valence-electron chi connectivity index (χ3n) is 3.07. The van der Waals surface area contributed by atoms with E-state index in [1.807, 2.05) is 19.0 Å². The molecule has 5 nitrogen and oxygen atoms in total. The van der Waals surface area contributed by atoms with Gasteiger partial charge in [-0.2, -0.15) is 0 Å². The normalized spacial score (nSPS) is 10.5. The van der Waals surface area contributed by atoms with Gasteiger partial charge in [0, 0.05) is 30.8 Å². The maximum absolute atomic E-state index is 11.9. The summed E-state index contributed by atoms with van der Waals surface area (Å²) in [7, 11) is 3.88. The Kier molecular flexibility index (Phi) is 7.46. The summed E-state index contributed by atoms with van der Waals surface area (Å²) in [6.45, 7) is 3.48. The van der Waals surface area contributed by atoms with E-state index in [9.17, 15) is 9.59 Å². The molecular formula is C16H25N3O2. The number of carbonyl (C=O) groups excluding carboxylic acids is 2. The zero-order chi connectivity index (χ0) is 15.7. The highest BCUT2D eigenvalue weighted by molar-refractivity contribution is 5.97. The molecule has 0 saturated carbocycles. The summed E-state index contributed by atoms with van der Waals surface area (Å²) in [4.78, 5) is 25.5. The van der Waals surface area contributed by atoms with Gasteiger partial charge in [-0.3, -0.25) is 4.79 Å². The van der Waals surface area contributed by atoms with Crippen LogP contribution in [0.1, 0.15) is 36.5 Å². The maximum Gasteiger partial charge on any atom is 0.319 e. The smallest absolute Gasteiger partial charge is 0.319 e. The van der Waals surface area contributed by atoms with Crippen molar-refractivity contribution in [3.8, 4) is 0 Å². The largest absolute Gasteiger partial charge is 0.338 e. The zero-order valence-corrected chi connectivity index (χ0v) is 13.1. The van der Waals surface area contributed by atoms with Gasteiger partial charge < -0.3 is 15.5 Å². The molecule has 0 bridgehead atoms. The van der Waals surface area contributed by atoms with E-state index in [2.05, 4.69) is 17.6 Å². The first-order valence-electron chi connectivity index (χ1n) is 7.35. The van der Waals surface area contributed by atoms with Gasteiger partial charge in [0.2, 0.25) is 0 Å². The molecule has 0 fully saturated rings. The molecule has 0 aromatic heterocycles. The van der Waals surface area contributed by atoms with Crippen LogP contribution >= 0.6 is 0 Å². The minimum absolute atomic E-state index is 0.114. The average Bonchev–Trinajstić information content (AvgIpc) is 2.45. The molecule has 5 heteroatoms. The molecule has 0 unspecified atom stereocenters. The Bertz CT molecular complexity index is 455. The second-order valence-electron chi connectivity index (χ2n) is 5.29. The Morgan fingerprint density at radius 3 is 2.38 bits per heavy atom. The van der Waals surface area contributed by atoms with Crippen molar-refractivity contribution in [3.05, 3.63) is 29.8 Å². The third-order valence-corrected chi connectivity index (χ3v) is 3.07. The van der Waals surface area contributed by atoms with Gasteiger partial charge >= 0.3 is 6.03 Å². The number of carbonyl (C=O) groups is 2. The van der Waals surface area contributed by atoms with Gasteiger partial charge in [0.25, 0.3) is 0 Å². The number of unbranched alkanes of at least 4 members (excludes halogenated alkanes) is 1. The lowest BCUT2D eigenvalue weighted by molar-refractivity contribution is 0.0972. The summed E-state index contributed by atoms with van der Waals surface area (Å²) >= 11 is 0. The summed E-state index contributed by atoms with van der Waals surface area (Å²) in [5.41, 5.74) is 1.36. The van der Waals surface area contributed by atoms with Crippen molar-refractivity contribution >= 4 is 17.5 Å². The first-order valence-corrected chi connectivity index (χ1v) is 7.35. The fourth-order valence-electron chi connectivity index (χ4n) is 1.76. The molecule has 0 aliphatic carbocycles. The molecular weight excluding hydrogens is 266 g/mol. The summed E-state index contributed by atoms with van der Waals surface area (Å²) < 4.78 is 0. The van der Waals surface area contributed by atoms with Crippen molar-refractivity contribution in [3.63, 3.8) is 0 Å². The van der Waals surface area contributed by atoms with Crippen LogP contribution in [-0.2, 0) is 0 Å². The lowest BCUT2D eigenvalue weighted by atomic mass is 10.1. The number of benzene rings is 1. The lowest BCUT2D eigenvalue weighted by Gasteiger charge is -2.09. The van der Waals surface area contributed by atoms with Crippen molar-refractivity contribution < 1.29 is 9.59 Å². The van der Waals surface area contributed by atoms with Crippen LogP contribution in [0.2, 0.25) is 0 Å². The molecule has 0 radical (unpaired) electrons. The second-order valence-corrected chi connectivity index (χ2v) is 5.29. The SMILES string of the molecule is CCCCNC(=O)Nc1ccc(C(=O)CCN(C)C)cc1. The zero-order valence-electron chi connectivity index (χ0n) is 13.1. The van der Waals surface area contributed by atoms with Crippen LogP contribution in [0.15, 0.2) is 24.3 Å². The molecule has 116 valence electrons. The van der Waals surface area contributed by atoms with Crippen LogP contribution in [-0.4, -0.2) is 43.9 Å². The van der Waals surface area contributed by atoms with E-state index in [1.54, 1.807) is 24.3 Å². The molecule has 1 aromatic carbocycles. The van der Waals surface area contributed by atoms with Crippen LogP contribution in [0.3, 0.4) is 0 Å². The number of urea groups is 1. The molecule has 0 aliphatic heterocycles. The van der Waals surface area contributed by atoms with Crippen LogP contribution in [0.25, 0.3) is 0 Å². The van der Waals surface area contributed by atoms with Crippen molar-refractivity contribution in [1.29, 1.82) is 0 Å². The molecule has 0 aliphatic rings. The van der Waals surface area contributed by atoms with Crippen molar-refractivity contribution in [2.75, 3.05) is 32.5 Å². The van der Waals surface area contributed by atoms with Gasteiger partial charge in [-0.05, 0) is 44.8 Å². The number of nitrogens with zero attached hydrogens (tertiary/aromatic N) is 1. The average molecular weight is 291 g/mol. The predicted octanol–water partition coefficient (Wildman–Crippen LogP) is 2.74.